The summed E-state index contributed by atoms with van der Waals surface area (Å²) in [6.07, 6.45) is 8.01. The van der Waals surface area contributed by atoms with Gasteiger partial charge in [-0.1, -0.05) is 44.0 Å². The highest BCUT2D eigenvalue weighted by Gasteiger charge is 2.35. The molecule has 2 heterocycles. The number of nitrogens with one attached hydrogen (secondary N) is 1. The van der Waals surface area contributed by atoms with Gasteiger partial charge in [0.25, 0.3) is 0 Å². The predicted molar refractivity (Wildman–Crippen MR) is 117 cm³/mol. The average Bonchev–Trinajstić information content (AvgIpc) is 3.06. The summed E-state index contributed by atoms with van der Waals surface area (Å²) in [6, 6.07) is 0.332. The molecule has 5 heteroatoms. The molecule has 0 aromatic carbocycles. The van der Waals surface area contributed by atoms with Crippen LogP contribution in [0.4, 0.5) is 0 Å². The number of aliphatic imine (C=N–C) groups is 2. The Bertz CT molecular complexity index is 710. The molecule has 0 saturated carbocycles. The minimum atomic E-state index is 0.332. The van der Waals surface area contributed by atoms with Crippen LogP contribution in [0.3, 0.4) is 0 Å². The van der Waals surface area contributed by atoms with E-state index in [1.807, 2.05) is 38.5 Å². The van der Waals surface area contributed by atoms with Crippen molar-refractivity contribution >= 4 is 23.3 Å². The Morgan fingerprint density at radius 2 is 2.15 bits per heavy atom. The van der Waals surface area contributed by atoms with Crippen molar-refractivity contribution in [3.05, 3.63) is 58.7 Å². The quantitative estimate of drug-likeness (QED) is 0.631. The molecule has 1 unspecified atom stereocenters. The molecule has 1 fully saturated rings. The zero-order valence-electron chi connectivity index (χ0n) is 16.4. The molecule has 2 aliphatic heterocycles. The van der Waals surface area contributed by atoms with Crippen LogP contribution in [0.1, 0.15) is 33.6 Å². The van der Waals surface area contributed by atoms with E-state index >= 15 is 0 Å². The van der Waals surface area contributed by atoms with Crippen LogP contribution >= 0.6 is 11.8 Å². The molecule has 140 valence electrons. The van der Waals surface area contributed by atoms with Crippen molar-refractivity contribution in [3.63, 3.8) is 0 Å². The van der Waals surface area contributed by atoms with Gasteiger partial charge in [0, 0.05) is 47.9 Å². The zero-order valence-corrected chi connectivity index (χ0v) is 17.2. The Labute approximate surface area is 162 Å². The van der Waals surface area contributed by atoms with Crippen molar-refractivity contribution < 1.29 is 0 Å². The van der Waals surface area contributed by atoms with Gasteiger partial charge in [0.2, 0.25) is 0 Å². The third kappa shape index (κ3) is 4.58. The Balaban J connectivity index is 2.35. The highest BCUT2D eigenvalue weighted by Crippen LogP contribution is 2.34. The van der Waals surface area contributed by atoms with Gasteiger partial charge in [0.05, 0.1) is 12.3 Å². The molecule has 1 saturated heterocycles. The molecule has 2 rings (SSSR count). The van der Waals surface area contributed by atoms with E-state index in [1.165, 1.54) is 11.3 Å². The van der Waals surface area contributed by atoms with E-state index in [9.17, 15) is 0 Å². The number of fused-ring (bicyclic) bond motifs is 1. The number of hydrogen-bond donors (Lipinski definition) is 1. The van der Waals surface area contributed by atoms with Crippen LogP contribution in [-0.4, -0.2) is 42.6 Å². The molecule has 2 aliphatic rings. The summed E-state index contributed by atoms with van der Waals surface area (Å²) in [5, 5.41) is 5.61. The Kier molecular flexibility index (Phi) is 7.51. The van der Waals surface area contributed by atoms with E-state index in [-0.39, 0.29) is 0 Å². The van der Waals surface area contributed by atoms with Crippen LogP contribution in [0.2, 0.25) is 0 Å². The zero-order chi connectivity index (χ0) is 19.1. The monoisotopic (exact) mass is 370 g/mol. The summed E-state index contributed by atoms with van der Waals surface area (Å²) in [6.45, 7) is 16.0. The molecule has 0 aliphatic carbocycles. The van der Waals surface area contributed by atoms with Gasteiger partial charge in [-0.2, -0.15) is 0 Å². The molecule has 0 radical (unpaired) electrons. The summed E-state index contributed by atoms with van der Waals surface area (Å²) < 4.78 is 0. The summed E-state index contributed by atoms with van der Waals surface area (Å²) in [4.78, 5) is 12.6. The first-order valence-electron chi connectivity index (χ1n) is 9.10. The molecular weight excluding hydrogens is 340 g/mol. The van der Waals surface area contributed by atoms with Crippen molar-refractivity contribution in [1.29, 1.82) is 0 Å². The first kappa shape index (κ1) is 20.3. The second kappa shape index (κ2) is 9.62. The van der Waals surface area contributed by atoms with Crippen molar-refractivity contribution in [3.8, 4) is 0 Å². The minimum absolute atomic E-state index is 0.332. The van der Waals surface area contributed by atoms with Gasteiger partial charge in [0.1, 0.15) is 5.84 Å². The van der Waals surface area contributed by atoms with Gasteiger partial charge in [-0.3, -0.25) is 9.98 Å². The summed E-state index contributed by atoms with van der Waals surface area (Å²) in [5.74, 6) is 0.981. The normalized spacial score (nSPS) is 20.8. The van der Waals surface area contributed by atoms with Gasteiger partial charge >= 0.3 is 0 Å². The van der Waals surface area contributed by atoms with Gasteiger partial charge in [-0.05, 0) is 31.8 Å². The lowest BCUT2D eigenvalue weighted by atomic mass is 10.0. The number of amidine groups is 1. The Hall–Kier alpha value is -2.01. The van der Waals surface area contributed by atoms with Gasteiger partial charge in [-0.15, -0.1) is 0 Å². The maximum Gasteiger partial charge on any atom is 0.141 e. The molecule has 0 amide bonds. The minimum Gasteiger partial charge on any atom is -0.384 e. The number of hydrogen-bond acceptors (Lipinski definition) is 5. The van der Waals surface area contributed by atoms with E-state index in [0.29, 0.717) is 12.6 Å². The largest absolute Gasteiger partial charge is 0.384 e. The van der Waals surface area contributed by atoms with Crippen LogP contribution < -0.4 is 5.32 Å². The summed E-state index contributed by atoms with van der Waals surface area (Å²) >= 11 is 1.62. The third-order valence-electron chi connectivity index (χ3n) is 4.46. The van der Waals surface area contributed by atoms with Gasteiger partial charge < -0.3 is 10.2 Å². The Morgan fingerprint density at radius 3 is 2.77 bits per heavy atom. The second-order valence-electron chi connectivity index (χ2n) is 6.30. The van der Waals surface area contributed by atoms with Crippen molar-refractivity contribution in [2.75, 3.05) is 20.1 Å². The van der Waals surface area contributed by atoms with Crippen LogP contribution in [0.15, 0.2) is 68.7 Å². The van der Waals surface area contributed by atoms with Crippen LogP contribution in [0.5, 0.6) is 0 Å². The lowest BCUT2D eigenvalue weighted by Gasteiger charge is -2.29. The highest BCUT2D eigenvalue weighted by atomic mass is 32.2. The highest BCUT2D eigenvalue weighted by molar-refractivity contribution is 8.06. The van der Waals surface area contributed by atoms with E-state index in [1.54, 1.807) is 11.8 Å². The molecule has 1 N–H and O–H groups in total. The maximum atomic E-state index is 4.86. The van der Waals surface area contributed by atoms with E-state index in [0.717, 1.165) is 41.5 Å². The maximum absolute atomic E-state index is 4.86. The molecule has 0 aromatic heterocycles. The lowest BCUT2D eigenvalue weighted by Crippen LogP contribution is -2.36. The number of allylic oxidation sites excluding steroid dienone is 4. The van der Waals surface area contributed by atoms with Crippen molar-refractivity contribution in [2.45, 2.75) is 39.7 Å². The molecule has 0 aromatic rings. The van der Waals surface area contributed by atoms with Gasteiger partial charge in [-0.25, -0.2) is 0 Å². The molecule has 4 nitrogen and oxygen atoms in total. The van der Waals surface area contributed by atoms with Gasteiger partial charge in [0.15, 0.2) is 0 Å². The lowest BCUT2D eigenvalue weighted by molar-refractivity contribution is 0.516. The third-order valence-corrected chi connectivity index (χ3v) is 5.34. The number of thioether (sulfide) groups is 1. The first-order valence-corrected chi connectivity index (χ1v) is 9.98. The summed E-state index contributed by atoms with van der Waals surface area (Å²) in [7, 11) is 1.84. The fraction of sp³-hybridized carbons (Fsp3) is 0.429. The molecule has 0 spiro atoms. The van der Waals surface area contributed by atoms with E-state index in [2.05, 4.69) is 41.4 Å². The average molecular weight is 371 g/mol. The predicted octanol–water partition coefficient (Wildman–Crippen LogP) is 4.67. The van der Waals surface area contributed by atoms with Crippen molar-refractivity contribution in [1.82, 2.24) is 10.2 Å². The number of rotatable bonds is 8. The standard InChI is InChI=1S/C21H30N4S/c1-7-10-19(22-6)18-13-23-21(16(5)26-11-8-2)25-14-17(12-20(18)25)24-15(4)9-3/h7-8,10-11,17,24H,4-5,9,12-14H2,1-3,6H3/b10-7-,11-8-,22-19+. The van der Waals surface area contributed by atoms with Crippen LogP contribution in [0.25, 0.3) is 0 Å². The van der Waals surface area contributed by atoms with Crippen LogP contribution in [-0.2, 0) is 0 Å². The van der Waals surface area contributed by atoms with E-state index < -0.39 is 0 Å². The smallest absolute Gasteiger partial charge is 0.141 e. The fourth-order valence-electron chi connectivity index (χ4n) is 3.20. The number of nitrogens with zero attached hydrogens (tertiary/aromatic N) is 3. The second-order valence-corrected chi connectivity index (χ2v) is 7.30. The first-order chi connectivity index (χ1) is 12.5. The molecule has 0 bridgehead atoms. The SMILES string of the molecule is C=C(CC)NC1CC2=C(C(/C=C\C)=N/C)CN=C(C(=C)S/C=C\C)N2C1. The Morgan fingerprint density at radius 1 is 1.38 bits per heavy atom. The van der Waals surface area contributed by atoms with E-state index in [4.69, 9.17) is 4.99 Å². The fourth-order valence-corrected chi connectivity index (χ4v) is 3.78. The molecular formula is C21H30N4S. The summed E-state index contributed by atoms with van der Waals surface area (Å²) in [5.41, 5.74) is 4.61. The topological polar surface area (TPSA) is 40.0 Å². The van der Waals surface area contributed by atoms with Crippen molar-refractivity contribution in [2.24, 2.45) is 9.98 Å². The molecule has 26 heavy (non-hydrogen) atoms. The molecule has 1 atom stereocenters. The van der Waals surface area contributed by atoms with Crippen LogP contribution in [0, 0.1) is 0 Å².